The fraction of sp³-hybridized carbons (Fsp3) is 0.667. The van der Waals surface area contributed by atoms with E-state index in [1.807, 2.05) is 0 Å². The summed E-state index contributed by atoms with van der Waals surface area (Å²) in [5, 5.41) is 13.4. The van der Waals surface area contributed by atoms with Crippen molar-refractivity contribution in [3.63, 3.8) is 0 Å². The second-order valence-electron chi connectivity index (χ2n) is 4.46. The summed E-state index contributed by atoms with van der Waals surface area (Å²) < 4.78 is 0. The minimum absolute atomic E-state index is 0.252. The van der Waals surface area contributed by atoms with Crippen LogP contribution in [0.3, 0.4) is 0 Å². The van der Waals surface area contributed by atoms with Gasteiger partial charge in [0.2, 0.25) is 0 Å². The predicted octanol–water partition coefficient (Wildman–Crippen LogP) is 1.20. The molecule has 6 heteroatoms. The molecule has 0 aromatic carbocycles. The molecule has 0 bridgehead atoms. The number of carboxylic acids is 1. The average Bonchev–Trinajstić information content (AvgIpc) is 2.74. The Bertz CT molecular complexity index is 413. The third-order valence-corrected chi connectivity index (χ3v) is 4.08. The Kier molecular flexibility index (Phi) is 4.68. The number of rotatable bonds is 5. The van der Waals surface area contributed by atoms with Gasteiger partial charge in [-0.05, 0) is 12.8 Å². The van der Waals surface area contributed by atoms with Crippen molar-refractivity contribution in [2.45, 2.75) is 26.3 Å². The number of aromatic nitrogens is 1. The van der Waals surface area contributed by atoms with Gasteiger partial charge in [-0.3, -0.25) is 4.90 Å². The van der Waals surface area contributed by atoms with E-state index in [2.05, 4.69) is 22.1 Å². The van der Waals surface area contributed by atoms with Gasteiger partial charge in [0.25, 0.3) is 0 Å². The number of aromatic carboxylic acids is 1. The number of nitrogens with one attached hydrogen (secondary N) is 1. The molecule has 0 unspecified atom stereocenters. The molecule has 1 aliphatic rings. The minimum Gasteiger partial charge on any atom is -0.476 e. The molecule has 0 amide bonds. The first-order valence-electron chi connectivity index (χ1n) is 6.35. The number of aryl methyl sites for hydroxylation is 1. The third-order valence-electron chi connectivity index (χ3n) is 2.98. The lowest BCUT2D eigenvalue weighted by atomic mass is 10.3. The van der Waals surface area contributed by atoms with Crippen LogP contribution in [0.4, 0.5) is 0 Å². The number of piperazine rings is 1. The van der Waals surface area contributed by atoms with E-state index in [1.54, 1.807) is 11.3 Å². The molecule has 1 fully saturated rings. The molecule has 0 aliphatic carbocycles. The van der Waals surface area contributed by atoms with Crippen molar-refractivity contribution in [2.24, 2.45) is 0 Å². The Morgan fingerprint density at radius 3 is 2.83 bits per heavy atom. The molecule has 0 saturated carbocycles. The van der Waals surface area contributed by atoms with Crippen LogP contribution in [0.5, 0.6) is 0 Å². The highest BCUT2D eigenvalue weighted by Crippen LogP contribution is 2.22. The largest absolute Gasteiger partial charge is 0.476 e. The monoisotopic (exact) mass is 269 g/mol. The molecule has 1 aliphatic heterocycles. The summed E-state index contributed by atoms with van der Waals surface area (Å²) in [6.07, 6.45) is 1.87. The summed E-state index contributed by atoms with van der Waals surface area (Å²) in [6.45, 7) is 6.69. The van der Waals surface area contributed by atoms with E-state index >= 15 is 0 Å². The topological polar surface area (TPSA) is 65.5 Å². The van der Waals surface area contributed by atoms with Crippen LogP contribution in [0.1, 0.15) is 33.7 Å². The maximum absolute atomic E-state index is 11.2. The summed E-state index contributed by atoms with van der Waals surface area (Å²) in [7, 11) is 0. The Morgan fingerprint density at radius 1 is 1.50 bits per heavy atom. The lowest BCUT2D eigenvalue weighted by Crippen LogP contribution is -2.42. The highest BCUT2D eigenvalue weighted by molar-refractivity contribution is 7.11. The fourth-order valence-corrected chi connectivity index (χ4v) is 3.27. The van der Waals surface area contributed by atoms with Crippen molar-refractivity contribution in [3.8, 4) is 0 Å². The van der Waals surface area contributed by atoms with Crippen molar-refractivity contribution >= 4 is 17.3 Å². The maximum Gasteiger partial charge on any atom is 0.355 e. The Morgan fingerprint density at radius 2 is 2.22 bits per heavy atom. The Hall–Kier alpha value is -0.980. The second kappa shape index (κ2) is 6.26. The molecule has 100 valence electrons. The van der Waals surface area contributed by atoms with Gasteiger partial charge in [-0.15, -0.1) is 11.3 Å². The van der Waals surface area contributed by atoms with Crippen molar-refractivity contribution in [1.29, 1.82) is 0 Å². The van der Waals surface area contributed by atoms with E-state index in [0.29, 0.717) is 6.54 Å². The van der Waals surface area contributed by atoms with Crippen LogP contribution < -0.4 is 5.32 Å². The number of hydrogen-bond donors (Lipinski definition) is 2. The maximum atomic E-state index is 11.2. The van der Waals surface area contributed by atoms with Gasteiger partial charge in [0.05, 0.1) is 9.88 Å². The van der Waals surface area contributed by atoms with Crippen LogP contribution in [0.2, 0.25) is 0 Å². The van der Waals surface area contributed by atoms with Gasteiger partial charge in [0.1, 0.15) is 0 Å². The number of nitrogens with zero attached hydrogens (tertiary/aromatic N) is 2. The van der Waals surface area contributed by atoms with Gasteiger partial charge in [-0.2, -0.15) is 0 Å². The first kappa shape index (κ1) is 13.5. The van der Waals surface area contributed by atoms with Gasteiger partial charge in [-0.1, -0.05) is 6.92 Å². The third kappa shape index (κ3) is 3.28. The van der Waals surface area contributed by atoms with Crippen LogP contribution >= 0.6 is 11.3 Å². The first-order valence-corrected chi connectivity index (χ1v) is 7.17. The van der Waals surface area contributed by atoms with Crippen molar-refractivity contribution in [2.75, 3.05) is 26.2 Å². The molecular weight excluding hydrogens is 250 g/mol. The zero-order chi connectivity index (χ0) is 13.0. The van der Waals surface area contributed by atoms with E-state index in [0.717, 1.165) is 48.9 Å². The van der Waals surface area contributed by atoms with Gasteiger partial charge < -0.3 is 10.4 Å². The molecule has 2 heterocycles. The Balaban J connectivity index is 2.11. The van der Waals surface area contributed by atoms with Crippen molar-refractivity contribution < 1.29 is 9.90 Å². The summed E-state index contributed by atoms with van der Waals surface area (Å²) >= 11 is 1.55. The van der Waals surface area contributed by atoms with Gasteiger partial charge in [0.15, 0.2) is 5.69 Å². The first-order chi connectivity index (χ1) is 8.70. The highest BCUT2D eigenvalue weighted by atomic mass is 32.1. The Labute approximate surface area is 111 Å². The average molecular weight is 269 g/mol. The fourth-order valence-electron chi connectivity index (χ4n) is 2.07. The van der Waals surface area contributed by atoms with Crippen LogP contribution in [0, 0.1) is 0 Å². The molecular formula is C12H19N3O2S. The number of hydrogen-bond acceptors (Lipinski definition) is 5. The molecule has 1 saturated heterocycles. The lowest BCUT2D eigenvalue weighted by molar-refractivity contribution is 0.0688. The molecule has 0 atom stereocenters. The van der Waals surface area contributed by atoms with E-state index in [9.17, 15) is 9.90 Å². The summed E-state index contributed by atoms with van der Waals surface area (Å²) in [6, 6.07) is 0. The molecule has 1 aromatic heterocycles. The van der Waals surface area contributed by atoms with E-state index in [1.165, 1.54) is 0 Å². The van der Waals surface area contributed by atoms with E-state index in [-0.39, 0.29) is 5.69 Å². The SMILES string of the molecule is CCCc1nc(C(=O)O)c(CN2CCNCC2)s1. The standard InChI is InChI=1S/C12H19N3O2S/c1-2-3-10-14-11(12(16)17)9(18-10)8-15-6-4-13-5-7-15/h13H,2-8H2,1H3,(H,16,17). The normalized spacial score (nSPS) is 16.9. The quantitative estimate of drug-likeness (QED) is 0.841. The van der Waals surface area contributed by atoms with Gasteiger partial charge >= 0.3 is 5.97 Å². The van der Waals surface area contributed by atoms with Crippen LogP contribution in [-0.2, 0) is 13.0 Å². The van der Waals surface area contributed by atoms with E-state index in [4.69, 9.17) is 0 Å². The van der Waals surface area contributed by atoms with Crippen LogP contribution in [-0.4, -0.2) is 47.1 Å². The molecule has 18 heavy (non-hydrogen) atoms. The zero-order valence-electron chi connectivity index (χ0n) is 10.6. The molecule has 2 rings (SSSR count). The van der Waals surface area contributed by atoms with Crippen molar-refractivity contribution in [1.82, 2.24) is 15.2 Å². The lowest BCUT2D eigenvalue weighted by Gasteiger charge is -2.26. The summed E-state index contributed by atoms with van der Waals surface area (Å²) in [5.41, 5.74) is 0.252. The van der Waals surface area contributed by atoms with Gasteiger partial charge in [0, 0.05) is 32.7 Å². The number of carbonyl (C=O) groups is 1. The smallest absolute Gasteiger partial charge is 0.355 e. The van der Waals surface area contributed by atoms with Crippen molar-refractivity contribution in [3.05, 3.63) is 15.6 Å². The van der Waals surface area contributed by atoms with E-state index < -0.39 is 5.97 Å². The molecule has 5 nitrogen and oxygen atoms in total. The molecule has 0 radical (unpaired) electrons. The number of thiazole rings is 1. The van der Waals surface area contributed by atoms with Gasteiger partial charge in [-0.25, -0.2) is 9.78 Å². The molecule has 1 aromatic rings. The number of carboxylic acid groups (broad SMARTS) is 1. The van der Waals surface area contributed by atoms with Crippen LogP contribution in [0.25, 0.3) is 0 Å². The summed E-state index contributed by atoms with van der Waals surface area (Å²) in [4.78, 5) is 18.6. The highest BCUT2D eigenvalue weighted by Gasteiger charge is 2.20. The minimum atomic E-state index is -0.904. The predicted molar refractivity (Wildman–Crippen MR) is 71.2 cm³/mol. The van der Waals surface area contributed by atoms with Crippen LogP contribution in [0.15, 0.2) is 0 Å². The zero-order valence-corrected chi connectivity index (χ0v) is 11.4. The molecule has 0 spiro atoms. The molecule has 2 N–H and O–H groups in total. The second-order valence-corrected chi connectivity index (χ2v) is 5.63. The summed E-state index contributed by atoms with van der Waals surface area (Å²) in [5.74, 6) is -0.904.